The summed E-state index contributed by atoms with van der Waals surface area (Å²) in [4.78, 5) is 11.5. The van der Waals surface area contributed by atoms with Crippen LogP contribution in [0.1, 0.15) is 15.9 Å². The first-order chi connectivity index (χ1) is 5.88. The van der Waals surface area contributed by atoms with Gasteiger partial charge in [-0.05, 0) is 17.7 Å². The van der Waals surface area contributed by atoms with Crippen LogP contribution in [-0.4, -0.2) is 17.3 Å². The van der Waals surface area contributed by atoms with E-state index in [1.165, 1.54) is 5.56 Å². The zero-order valence-electron chi connectivity index (χ0n) is 6.75. The van der Waals surface area contributed by atoms with Gasteiger partial charge in [-0.25, -0.2) is 0 Å². The highest BCUT2D eigenvalue weighted by Gasteiger charge is 2.13. The molecule has 0 aliphatic carbocycles. The van der Waals surface area contributed by atoms with Gasteiger partial charge in [0.15, 0.2) is 5.78 Å². The summed E-state index contributed by atoms with van der Waals surface area (Å²) < 4.78 is 0. The highest BCUT2D eigenvalue weighted by Crippen LogP contribution is 2.19. The molecular formula is C10H10OS. The molecule has 1 nitrogen and oxygen atoms in total. The predicted molar refractivity (Wildman–Crippen MR) is 51.8 cm³/mol. The Kier molecular flexibility index (Phi) is 2.17. The molecule has 0 bridgehead atoms. The normalized spacial score (nSPS) is 16.8. The van der Waals surface area contributed by atoms with Gasteiger partial charge in [0, 0.05) is 5.56 Å². The van der Waals surface area contributed by atoms with Crippen molar-refractivity contribution in [3.05, 3.63) is 35.4 Å². The van der Waals surface area contributed by atoms with Gasteiger partial charge in [-0.3, -0.25) is 4.79 Å². The molecule has 0 spiro atoms. The second-order valence-electron chi connectivity index (χ2n) is 2.88. The van der Waals surface area contributed by atoms with E-state index in [-0.39, 0.29) is 5.78 Å². The number of carbonyl (C=O) groups is 1. The lowest BCUT2D eigenvalue weighted by atomic mass is 10.0. The van der Waals surface area contributed by atoms with Crippen LogP contribution < -0.4 is 0 Å². The number of aryl methyl sites for hydroxylation is 1. The highest BCUT2D eigenvalue weighted by atomic mass is 32.2. The van der Waals surface area contributed by atoms with E-state index in [0.29, 0.717) is 5.75 Å². The van der Waals surface area contributed by atoms with Gasteiger partial charge in [0.2, 0.25) is 0 Å². The molecule has 0 radical (unpaired) electrons. The molecule has 0 atom stereocenters. The van der Waals surface area contributed by atoms with Gasteiger partial charge in [0.1, 0.15) is 0 Å². The second-order valence-corrected chi connectivity index (χ2v) is 3.99. The van der Waals surface area contributed by atoms with Crippen molar-refractivity contribution in [2.45, 2.75) is 6.42 Å². The van der Waals surface area contributed by atoms with E-state index in [1.54, 1.807) is 11.8 Å². The fourth-order valence-electron chi connectivity index (χ4n) is 1.44. The van der Waals surface area contributed by atoms with Crippen molar-refractivity contribution in [1.29, 1.82) is 0 Å². The van der Waals surface area contributed by atoms with Gasteiger partial charge in [-0.15, -0.1) is 0 Å². The molecule has 0 amide bonds. The van der Waals surface area contributed by atoms with E-state index >= 15 is 0 Å². The Bertz CT molecular complexity index is 306. The van der Waals surface area contributed by atoms with Crippen LogP contribution in [0.3, 0.4) is 0 Å². The Morgan fingerprint density at radius 1 is 1.25 bits per heavy atom. The molecule has 1 aliphatic rings. The first-order valence-electron chi connectivity index (χ1n) is 4.07. The van der Waals surface area contributed by atoms with E-state index in [4.69, 9.17) is 0 Å². The Hall–Kier alpha value is -0.760. The average molecular weight is 178 g/mol. The Labute approximate surface area is 76.2 Å². The summed E-state index contributed by atoms with van der Waals surface area (Å²) in [6.45, 7) is 0. The summed E-state index contributed by atoms with van der Waals surface area (Å²) in [7, 11) is 0. The van der Waals surface area contributed by atoms with E-state index in [1.807, 2.05) is 18.2 Å². The van der Waals surface area contributed by atoms with Crippen molar-refractivity contribution in [2.24, 2.45) is 0 Å². The molecule has 0 N–H and O–H groups in total. The van der Waals surface area contributed by atoms with Gasteiger partial charge in [0.05, 0.1) is 5.75 Å². The molecule has 0 aromatic heterocycles. The number of Topliss-reactive ketones (excluding diaryl/α,β-unsaturated/α-hetero) is 1. The summed E-state index contributed by atoms with van der Waals surface area (Å²) in [6.07, 6.45) is 1.03. The molecule has 62 valence electrons. The zero-order valence-corrected chi connectivity index (χ0v) is 7.56. The molecule has 2 rings (SSSR count). The number of hydrogen-bond acceptors (Lipinski definition) is 2. The van der Waals surface area contributed by atoms with Crippen molar-refractivity contribution in [2.75, 3.05) is 11.5 Å². The third-order valence-corrected chi connectivity index (χ3v) is 3.03. The number of carbonyl (C=O) groups excluding carboxylic acids is 1. The summed E-state index contributed by atoms with van der Waals surface area (Å²) >= 11 is 1.73. The fraction of sp³-hybridized carbons (Fsp3) is 0.300. The SMILES string of the molecule is O=C1CSCCc2ccccc21. The third kappa shape index (κ3) is 1.39. The number of benzene rings is 1. The van der Waals surface area contributed by atoms with Crippen LogP contribution >= 0.6 is 11.8 Å². The predicted octanol–water partition coefficient (Wildman–Crippen LogP) is 2.16. The largest absolute Gasteiger partial charge is 0.293 e. The van der Waals surface area contributed by atoms with Gasteiger partial charge in [-0.2, -0.15) is 11.8 Å². The van der Waals surface area contributed by atoms with Crippen LogP contribution in [-0.2, 0) is 6.42 Å². The molecule has 1 aromatic carbocycles. The van der Waals surface area contributed by atoms with Crippen molar-refractivity contribution < 1.29 is 4.79 Å². The maximum atomic E-state index is 11.5. The molecule has 0 saturated heterocycles. The average Bonchev–Trinajstić information content (AvgIpc) is 2.29. The molecule has 12 heavy (non-hydrogen) atoms. The maximum Gasteiger partial charge on any atom is 0.172 e. The summed E-state index contributed by atoms with van der Waals surface area (Å²) in [5.41, 5.74) is 2.15. The first kappa shape index (κ1) is 7.87. The van der Waals surface area contributed by atoms with Gasteiger partial charge in [0.25, 0.3) is 0 Å². The molecule has 0 unspecified atom stereocenters. The summed E-state index contributed by atoms with van der Waals surface area (Å²) in [5, 5.41) is 0. The summed E-state index contributed by atoms with van der Waals surface area (Å²) in [5.74, 6) is 2.01. The number of ketones is 1. The van der Waals surface area contributed by atoms with Crippen LogP contribution in [0.25, 0.3) is 0 Å². The first-order valence-corrected chi connectivity index (χ1v) is 5.22. The van der Waals surface area contributed by atoms with Crippen molar-refractivity contribution in [3.8, 4) is 0 Å². The van der Waals surface area contributed by atoms with Gasteiger partial charge in [-0.1, -0.05) is 24.3 Å². The number of rotatable bonds is 0. The minimum absolute atomic E-state index is 0.285. The van der Waals surface area contributed by atoms with Crippen molar-refractivity contribution >= 4 is 17.5 Å². The van der Waals surface area contributed by atoms with E-state index in [0.717, 1.165) is 17.7 Å². The van der Waals surface area contributed by atoms with E-state index in [9.17, 15) is 4.79 Å². The van der Waals surface area contributed by atoms with Crippen LogP contribution in [0.15, 0.2) is 24.3 Å². The standard InChI is InChI=1S/C10H10OS/c11-10-7-12-6-5-8-3-1-2-4-9(8)10/h1-4H,5-7H2. The van der Waals surface area contributed by atoms with Crippen LogP contribution in [0.2, 0.25) is 0 Å². The molecule has 1 aliphatic heterocycles. The van der Waals surface area contributed by atoms with Gasteiger partial charge < -0.3 is 0 Å². The fourth-order valence-corrected chi connectivity index (χ4v) is 2.28. The lowest BCUT2D eigenvalue weighted by molar-refractivity contribution is 0.102. The van der Waals surface area contributed by atoms with Crippen molar-refractivity contribution in [3.63, 3.8) is 0 Å². The Morgan fingerprint density at radius 2 is 2.08 bits per heavy atom. The van der Waals surface area contributed by atoms with Crippen LogP contribution in [0.4, 0.5) is 0 Å². The highest BCUT2D eigenvalue weighted by molar-refractivity contribution is 8.00. The molecule has 1 aromatic rings. The summed E-state index contributed by atoms with van der Waals surface area (Å²) in [6, 6.07) is 7.93. The number of thioether (sulfide) groups is 1. The van der Waals surface area contributed by atoms with E-state index < -0.39 is 0 Å². The zero-order chi connectivity index (χ0) is 8.39. The molecule has 2 heteroatoms. The number of hydrogen-bond donors (Lipinski definition) is 0. The molecular weight excluding hydrogens is 168 g/mol. The molecule has 0 fully saturated rings. The molecule has 1 heterocycles. The lowest BCUT2D eigenvalue weighted by Crippen LogP contribution is -2.02. The monoisotopic (exact) mass is 178 g/mol. The van der Waals surface area contributed by atoms with Crippen LogP contribution in [0.5, 0.6) is 0 Å². The minimum atomic E-state index is 0.285. The topological polar surface area (TPSA) is 17.1 Å². The quantitative estimate of drug-likeness (QED) is 0.605. The Morgan fingerprint density at radius 3 is 3.00 bits per heavy atom. The van der Waals surface area contributed by atoms with Gasteiger partial charge >= 0.3 is 0 Å². The second kappa shape index (κ2) is 3.31. The minimum Gasteiger partial charge on any atom is -0.293 e. The Balaban J connectivity index is 2.46. The number of fused-ring (bicyclic) bond motifs is 1. The van der Waals surface area contributed by atoms with E-state index in [2.05, 4.69) is 6.07 Å². The van der Waals surface area contributed by atoms with Crippen LogP contribution in [0, 0.1) is 0 Å². The van der Waals surface area contributed by atoms with Crippen molar-refractivity contribution in [1.82, 2.24) is 0 Å². The third-order valence-electron chi connectivity index (χ3n) is 2.07. The smallest absolute Gasteiger partial charge is 0.172 e. The molecule has 0 saturated carbocycles. The lowest BCUT2D eigenvalue weighted by Gasteiger charge is -2.00. The maximum absolute atomic E-state index is 11.5.